The van der Waals surface area contributed by atoms with Crippen LogP contribution in [0.1, 0.15) is 30.9 Å². The first-order chi connectivity index (χ1) is 8.23. The average Bonchev–Trinajstić information content (AvgIpc) is 2.70. The third kappa shape index (κ3) is 1.78. The van der Waals surface area contributed by atoms with E-state index in [4.69, 9.17) is 4.74 Å². The number of likely N-dealkylation sites (tertiary alicyclic amines) is 1. The Bertz CT molecular complexity index is 422. The second kappa shape index (κ2) is 4.07. The summed E-state index contributed by atoms with van der Waals surface area (Å²) in [6, 6.07) is 2.20. The van der Waals surface area contributed by atoms with Gasteiger partial charge in [0.2, 0.25) is 0 Å². The Labute approximate surface area is 103 Å². The quantitative estimate of drug-likeness (QED) is 0.681. The Morgan fingerprint density at radius 3 is 2.88 bits per heavy atom. The van der Waals surface area contributed by atoms with E-state index in [0.29, 0.717) is 0 Å². The van der Waals surface area contributed by atoms with Gasteiger partial charge < -0.3 is 9.64 Å². The van der Waals surface area contributed by atoms with Gasteiger partial charge in [0, 0.05) is 19.2 Å². The Balaban J connectivity index is 1.90. The number of nitrogens with zero attached hydrogens (tertiary/aromatic N) is 2. The molecule has 0 amide bonds. The number of fused-ring (bicyclic) bond motifs is 2. The van der Waals surface area contributed by atoms with E-state index in [-0.39, 0.29) is 5.60 Å². The lowest BCUT2D eigenvalue weighted by Gasteiger charge is -2.38. The van der Waals surface area contributed by atoms with Gasteiger partial charge in [-0.3, -0.25) is 0 Å². The minimum atomic E-state index is 0.0139. The molecule has 1 fully saturated rings. The van der Waals surface area contributed by atoms with Crippen LogP contribution in [0.15, 0.2) is 18.5 Å². The maximum absolute atomic E-state index is 6.16. The zero-order valence-electron chi connectivity index (χ0n) is 10.8. The zero-order valence-corrected chi connectivity index (χ0v) is 10.8. The van der Waals surface area contributed by atoms with Gasteiger partial charge in [0.1, 0.15) is 12.6 Å². The van der Waals surface area contributed by atoms with Gasteiger partial charge in [0.05, 0.1) is 12.2 Å². The van der Waals surface area contributed by atoms with Gasteiger partial charge in [-0.2, -0.15) is 0 Å². The number of aromatic nitrogens is 1. The molecule has 1 aromatic rings. The number of aryl methyl sites for hydroxylation is 1. The molecule has 0 bridgehead atoms. The Morgan fingerprint density at radius 1 is 1.41 bits per heavy atom. The van der Waals surface area contributed by atoms with Crippen LogP contribution in [0.3, 0.4) is 0 Å². The Hall–Kier alpha value is -0.930. The fraction of sp³-hybridized carbons (Fsp3) is 0.643. The number of pyridine rings is 1. The third-order valence-corrected chi connectivity index (χ3v) is 4.30. The van der Waals surface area contributed by atoms with Crippen LogP contribution < -0.4 is 4.57 Å². The monoisotopic (exact) mass is 233 g/mol. The van der Waals surface area contributed by atoms with Crippen molar-refractivity contribution in [2.75, 3.05) is 19.6 Å². The lowest BCUT2D eigenvalue weighted by atomic mass is 9.85. The Kier molecular flexibility index (Phi) is 2.68. The second-order valence-corrected chi connectivity index (χ2v) is 5.27. The molecular weight excluding hydrogens is 212 g/mol. The summed E-state index contributed by atoms with van der Waals surface area (Å²) in [6.07, 6.45) is 6.64. The predicted molar refractivity (Wildman–Crippen MR) is 65.4 cm³/mol. The molecule has 0 radical (unpaired) electrons. The maximum Gasteiger partial charge on any atom is 0.175 e. The standard InChI is InChI=1S/C14H21N2O/c1-3-16-8-5-14(6-9-16)13-10-15(2)7-4-12(13)11-17-14/h4,7,10H,3,5-6,8-9,11H2,1-2H3/q+1. The lowest BCUT2D eigenvalue weighted by Crippen LogP contribution is -2.43. The van der Waals surface area contributed by atoms with Crippen molar-refractivity contribution in [2.24, 2.45) is 7.05 Å². The average molecular weight is 233 g/mol. The SMILES string of the molecule is CCN1CCC2(CC1)OCc1cc[n+](C)cc12. The number of ether oxygens (including phenoxy) is 1. The summed E-state index contributed by atoms with van der Waals surface area (Å²) in [5, 5.41) is 0. The van der Waals surface area contributed by atoms with E-state index < -0.39 is 0 Å². The topological polar surface area (TPSA) is 16.4 Å². The molecule has 0 unspecified atom stereocenters. The van der Waals surface area contributed by atoms with Crippen molar-refractivity contribution in [3.63, 3.8) is 0 Å². The van der Waals surface area contributed by atoms with E-state index >= 15 is 0 Å². The molecule has 0 saturated carbocycles. The molecule has 0 aliphatic carbocycles. The van der Waals surface area contributed by atoms with Crippen molar-refractivity contribution in [1.29, 1.82) is 0 Å². The summed E-state index contributed by atoms with van der Waals surface area (Å²) >= 11 is 0. The predicted octanol–water partition coefficient (Wildman–Crippen LogP) is 1.35. The first-order valence-corrected chi connectivity index (χ1v) is 6.58. The lowest BCUT2D eigenvalue weighted by molar-refractivity contribution is -0.672. The molecule has 3 heteroatoms. The van der Waals surface area contributed by atoms with Crippen molar-refractivity contribution in [2.45, 2.75) is 32.0 Å². The van der Waals surface area contributed by atoms with E-state index in [1.807, 2.05) is 0 Å². The summed E-state index contributed by atoms with van der Waals surface area (Å²) in [5.41, 5.74) is 2.83. The molecule has 3 rings (SSSR count). The summed E-state index contributed by atoms with van der Waals surface area (Å²) < 4.78 is 8.30. The van der Waals surface area contributed by atoms with E-state index in [1.165, 1.54) is 11.1 Å². The number of rotatable bonds is 1. The second-order valence-electron chi connectivity index (χ2n) is 5.27. The first kappa shape index (κ1) is 11.2. The first-order valence-electron chi connectivity index (χ1n) is 6.58. The molecule has 3 nitrogen and oxygen atoms in total. The van der Waals surface area contributed by atoms with Crippen molar-refractivity contribution in [1.82, 2.24) is 4.90 Å². The van der Waals surface area contributed by atoms with Gasteiger partial charge in [-0.25, -0.2) is 4.57 Å². The minimum absolute atomic E-state index is 0.0139. The largest absolute Gasteiger partial charge is 0.365 e. The highest BCUT2D eigenvalue weighted by Crippen LogP contribution is 2.43. The maximum atomic E-state index is 6.16. The molecular formula is C14H21N2O+. The van der Waals surface area contributed by atoms with Gasteiger partial charge in [0.25, 0.3) is 0 Å². The highest BCUT2D eigenvalue weighted by atomic mass is 16.5. The van der Waals surface area contributed by atoms with E-state index in [1.54, 1.807) is 0 Å². The van der Waals surface area contributed by atoms with Crippen LogP contribution in [-0.2, 0) is 24.0 Å². The van der Waals surface area contributed by atoms with E-state index in [9.17, 15) is 0 Å². The molecule has 2 aliphatic heterocycles. The molecule has 0 atom stereocenters. The molecule has 92 valence electrons. The van der Waals surface area contributed by atoms with Crippen LogP contribution in [-0.4, -0.2) is 24.5 Å². The molecule has 3 heterocycles. The highest BCUT2D eigenvalue weighted by molar-refractivity contribution is 5.31. The summed E-state index contributed by atoms with van der Waals surface area (Å²) in [6.45, 7) is 6.51. The number of hydrogen-bond donors (Lipinski definition) is 0. The van der Waals surface area contributed by atoms with Crippen molar-refractivity contribution in [3.05, 3.63) is 29.6 Å². The molecule has 17 heavy (non-hydrogen) atoms. The minimum Gasteiger partial charge on any atom is -0.365 e. The van der Waals surface area contributed by atoms with Gasteiger partial charge in [0.15, 0.2) is 12.4 Å². The van der Waals surface area contributed by atoms with Crippen molar-refractivity contribution in [3.8, 4) is 0 Å². The van der Waals surface area contributed by atoms with Crippen LogP contribution in [0.4, 0.5) is 0 Å². The molecule has 0 N–H and O–H groups in total. The fourth-order valence-corrected chi connectivity index (χ4v) is 3.10. The Morgan fingerprint density at radius 2 is 2.18 bits per heavy atom. The van der Waals surface area contributed by atoms with Crippen LogP contribution in [0.25, 0.3) is 0 Å². The van der Waals surface area contributed by atoms with Crippen molar-refractivity contribution >= 4 is 0 Å². The smallest absolute Gasteiger partial charge is 0.175 e. The van der Waals surface area contributed by atoms with Crippen LogP contribution in [0.5, 0.6) is 0 Å². The van der Waals surface area contributed by atoms with E-state index in [2.05, 4.69) is 41.9 Å². The molecule has 0 aromatic carbocycles. The molecule has 1 aromatic heterocycles. The summed E-state index contributed by atoms with van der Waals surface area (Å²) in [5.74, 6) is 0. The number of hydrogen-bond acceptors (Lipinski definition) is 2. The van der Waals surface area contributed by atoms with Gasteiger partial charge >= 0.3 is 0 Å². The highest BCUT2D eigenvalue weighted by Gasteiger charge is 2.43. The third-order valence-electron chi connectivity index (χ3n) is 4.30. The van der Waals surface area contributed by atoms with Crippen LogP contribution in [0.2, 0.25) is 0 Å². The normalized spacial score (nSPS) is 22.9. The molecule has 1 saturated heterocycles. The van der Waals surface area contributed by atoms with Gasteiger partial charge in [-0.1, -0.05) is 6.92 Å². The fourth-order valence-electron chi connectivity index (χ4n) is 3.10. The zero-order chi connectivity index (χ0) is 11.9. The van der Waals surface area contributed by atoms with E-state index in [0.717, 1.165) is 39.1 Å². The number of piperidine rings is 1. The summed E-state index contributed by atoms with van der Waals surface area (Å²) in [7, 11) is 2.09. The van der Waals surface area contributed by atoms with Gasteiger partial charge in [-0.05, 0) is 24.9 Å². The van der Waals surface area contributed by atoms with Crippen LogP contribution >= 0.6 is 0 Å². The molecule has 2 aliphatic rings. The van der Waals surface area contributed by atoms with Crippen LogP contribution in [0, 0.1) is 0 Å². The van der Waals surface area contributed by atoms with Gasteiger partial charge in [-0.15, -0.1) is 0 Å². The summed E-state index contributed by atoms with van der Waals surface area (Å²) in [4.78, 5) is 2.51. The molecule has 1 spiro atoms. The van der Waals surface area contributed by atoms with Crippen molar-refractivity contribution < 1.29 is 9.30 Å².